The van der Waals surface area contributed by atoms with Crippen LogP contribution < -0.4 is 5.69 Å². The van der Waals surface area contributed by atoms with Crippen LogP contribution in [0.3, 0.4) is 0 Å². The molecule has 1 atom stereocenters. The van der Waals surface area contributed by atoms with Crippen LogP contribution in [0.2, 0.25) is 0 Å². The van der Waals surface area contributed by atoms with Gasteiger partial charge in [0.1, 0.15) is 11.4 Å². The fraction of sp³-hybridized carbons (Fsp3) is 0.417. The van der Waals surface area contributed by atoms with Gasteiger partial charge in [0, 0.05) is 7.05 Å². The van der Waals surface area contributed by atoms with Crippen molar-refractivity contribution in [3.05, 3.63) is 34.5 Å². The first-order valence-corrected chi connectivity index (χ1v) is 5.49. The van der Waals surface area contributed by atoms with Gasteiger partial charge in [0.15, 0.2) is 0 Å². The monoisotopic (exact) mass is 236 g/mol. The molecule has 1 aliphatic heterocycles. The van der Waals surface area contributed by atoms with Gasteiger partial charge < -0.3 is 4.74 Å². The van der Waals surface area contributed by atoms with E-state index in [2.05, 4.69) is 0 Å². The second-order valence-electron chi connectivity index (χ2n) is 4.80. The molecule has 2 heterocycles. The number of ether oxygens (including phenoxy) is 1. The summed E-state index contributed by atoms with van der Waals surface area (Å²) < 4.78 is 21.6. The summed E-state index contributed by atoms with van der Waals surface area (Å²) >= 11 is 0. The van der Waals surface area contributed by atoms with Gasteiger partial charge in [-0.3, -0.25) is 9.13 Å². The van der Waals surface area contributed by atoms with E-state index >= 15 is 0 Å². The Balaban J connectivity index is 2.24. The Bertz CT molecular complexity index is 652. The van der Waals surface area contributed by atoms with E-state index < -0.39 is 0 Å². The molecule has 0 aliphatic carbocycles. The minimum atomic E-state index is -0.335. The van der Waals surface area contributed by atoms with Crippen LogP contribution >= 0.6 is 0 Å². The number of aryl methyl sites for hydroxylation is 1. The lowest BCUT2D eigenvalue weighted by Crippen LogP contribution is -2.27. The smallest absolute Gasteiger partial charge is 0.328 e. The van der Waals surface area contributed by atoms with Crippen molar-refractivity contribution in [2.24, 2.45) is 7.05 Å². The summed E-state index contributed by atoms with van der Waals surface area (Å²) in [5, 5.41) is 0. The lowest BCUT2D eigenvalue weighted by atomic mass is 10.2. The van der Waals surface area contributed by atoms with Gasteiger partial charge >= 0.3 is 5.69 Å². The van der Waals surface area contributed by atoms with Crippen molar-refractivity contribution >= 4 is 11.0 Å². The number of aromatic nitrogens is 2. The van der Waals surface area contributed by atoms with Crippen LogP contribution in [0, 0.1) is 5.82 Å². The molecule has 3 rings (SSSR count). The molecule has 0 spiro atoms. The molecule has 1 aromatic heterocycles. The number of nitrogens with zero attached hydrogens (tertiary/aromatic N) is 2. The van der Waals surface area contributed by atoms with Crippen LogP contribution in [-0.2, 0) is 18.3 Å². The minimum absolute atomic E-state index is 0.137. The third kappa shape index (κ3) is 1.58. The topological polar surface area (TPSA) is 39.5 Å². The summed E-state index contributed by atoms with van der Waals surface area (Å²) in [7, 11) is 1.69. The van der Waals surface area contributed by atoms with Crippen LogP contribution in [0.5, 0.6) is 0 Å². The molecule has 2 aromatic rings. The Labute approximate surface area is 97.2 Å². The molecule has 0 bridgehead atoms. The Hall–Kier alpha value is -1.62. The molecule has 0 saturated carbocycles. The second-order valence-corrected chi connectivity index (χ2v) is 4.80. The molecule has 0 N–H and O–H groups in total. The Morgan fingerprint density at radius 2 is 2.18 bits per heavy atom. The van der Waals surface area contributed by atoms with Crippen molar-refractivity contribution in [3.8, 4) is 0 Å². The van der Waals surface area contributed by atoms with Crippen LogP contribution in [0.4, 0.5) is 4.39 Å². The zero-order valence-electron chi connectivity index (χ0n) is 9.74. The predicted octanol–water partition coefficient (Wildman–Crippen LogP) is 1.27. The molecule has 5 heteroatoms. The molecule has 1 fully saturated rings. The predicted molar refractivity (Wildman–Crippen MR) is 61.5 cm³/mol. The van der Waals surface area contributed by atoms with Crippen LogP contribution in [-0.4, -0.2) is 21.3 Å². The first-order chi connectivity index (χ1) is 8.00. The van der Waals surface area contributed by atoms with E-state index in [9.17, 15) is 9.18 Å². The lowest BCUT2D eigenvalue weighted by Gasteiger charge is -2.06. The Kier molecular flexibility index (Phi) is 1.98. The summed E-state index contributed by atoms with van der Waals surface area (Å²) in [6, 6.07) is 4.38. The van der Waals surface area contributed by atoms with Gasteiger partial charge in [-0.1, -0.05) is 0 Å². The van der Waals surface area contributed by atoms with E-state index in [1.54, 1.807) is 17.7 Å². The van der Waals surface area contributed by atoms with Crippen molar-refractivity contribution in [1.29, 1.82) is 0 Å². The number of halogens is 1. The first kappa shape index (κ1) is 10.5. The first-order valence-electron chi connectivity index (χ1n) is 5.49. The van der Waals surface area contributed by atoms with E-state index in [0.717, 1.165) is 5.52 Å². The number of hydrogen-bond donors (Lipinski definition) is 0. The molecule has 0 amide bonds. The van der Waals surface area contributed by atoms with E-state index in [1.807, 2.05) is 6.92 Å². The highest BCUT2D eigenvalue weighted by Crippen LogP contribution is 2.28. The maximum atomic E-state index is 13.3. The van der Waals surface area contributed by atoms with E-state index in [1.165, 1.54) is 16.7 Å². The fourth-order valence-electron chi connectivity index (χ4n) is 2.09. The van der Waals surface area contributed by atoms with Gasteiger partial charge in [-0.15, -0.1) is 0 Å². The summed E-state index contributed by atoms with van der Waals surface area (Å²) in [6.45, 7) is 3.05. The summed E-state index contributed by atoms with van der Waals surface area (Å²) in [6.07, 6.45) is 0. The zero-order valence-corrected chi connectivity index (χ0v) is 9.74. The molecule has 0 radical (unpaired) electrons. The Morgan fingerprint density at radius 1 is 1.47 bits per heavy atom. The molecule has 90 valence electrons. The highest BCUT2D eigenvalue weighted by atomic mass is 19.1. The standard InChI is InChI=1S/C12H13FN2O2/c1-12(7-17-12)6-15-10-5-8(13)3-4-9(10)14(2)11(15)16/h3-5H,6-7H2,1-2H3. The number of benzene rings is 1. The summed E-state index contributed by atoms with van der Waals surface area (Å²) in [5.41, 5.74) is 0.946. The van der Waals surface area contributed by atoms with Crippen molar-refractivity contribution in [3.63, 3.8) is 0 Å². The molecular weight excluding hydrogens is 223 g/mol. The Morgan fingerprint density at radius 3 is 2.82 bits per heavy atom. The van der Waals surface area contributed by atoms with Gasteiger partial charge in [0.05, 0.1) is 24.2 Å². The normalized spacial score (nSPS) is 23.2. The van der Waals surface area contributed by atoms with Crippen molar-refractivity contribution in [2.75, 3.05) is 6.61 Å². The van der Waals surface area contributed by atoms with E-state index in [4.69, 9.17) is 4.74 Å². The maximum absolute atomic E-state index is 13.3. The van der Waals surface area contributed by atoms with E-state index in [-0.39, 0.29) is 17.1 Å². The highest BCUT2D eigenvalue weighted by molar-refractivity contribution is 5.76. The summed E-state index contributed by atoms with van der Waals surface area (Å²) in [5.74, 6) is -0.335. The average Bonchev–Trinajstić information content (AvgIpc) is 2.97. The van der Waals surface area contributed by atoms with Crippen molar-refractivity contribution in [2.45, 2.75) is 19.1 Å². The van der Waals surface area contributed by atoms with Gasteiger partial charge in [0.25, 0.3) is 0 Å². The van der Waals surface area contributed by atoms with Crippen LogP contribution in [0.1, 0.15) is 6.92 Å². The number of rotatable bonds is 2. The van der Waals surface area contributed by atoms with Gasteiger partial charge in [-0.2, -0.15) is 0 Å². The molecular formula is C12H13FN2O2. The zero-order chi connectivity index (χ0) is 12.2. The quantitative estimate of drug-likeness (QED) is 0.736. The lowest BCUT2D eigenvalue weighted by molar-refractivity contribution is 0.293. The van der Waals surface area contributed by atoms with Gasteiger partial charge in [0.2, 0.25) is 0 Å². The largest absolute Gasteiger partial charge is 0.368 e. The molecule has 1 unspecified atom stereocenters. The fourth-order valence-corrected chi connectivity index (χ4v) is 2.09. The van der Waals surface area contributed by atoms with Crippen molar-refractivity contribution in [1.82, 2.24) is 9.13 Å². The van der Waals surface area contributed by atoms with Crippen LogP contribution in [0.15, 0.2) is 23.0 Å². The number of fused-ring (bicyclic) bond motifs is 1. The van der Waals surface area contributed by atoms with Gasteiger partial charge in [-0.05, 0) is 25.1 Å². The SMILES string of the molecule is Cn1c(=O)n(CC2(C)CO2)c2cc(F)ccc21. The van der Waals surface area contributed by atoms with E-state index in [0.29, 0.717) is 18.7 Å². The summed E-state index contributed by atoms with van der Waals surface area (Å²) in [4.78, 5) is 12.1. The highest BCUT2D eigenvalue weighted by Gasteiger charge is 2.40. The minimum Gasteiger partial charge on any atom is -0.368 e. The molecule has 4 nitrogen and oxygen atoms in total. The third-order valence-corrected chi connectivity index (χ3v) is 3.24. The molecule has 17 heavy (non-hydrogen) atoms. The molecule has 1 aromatic carbocycles. The molecule has 1 saturated heterocycles. The van der Waals surface area contributed by atoms with Crippen LogP contribution in [0.25, 0.3) is 11.0 Å². The molecule has 1 aliphatic rings. The number of imidazole rings is 1. The third-order valence-electron chi connectivity index (χ3n) is 3.24. The average molecular weight is 236 g/mol. The van der Waals surface area contributed by atoms with Crippen molar-refractivity contribution < 1.29 is 9.13 Å². The second kappa shape index (κ2) is 3.20. The maximum Gasteiger partial charge on any atom is 0.328 e. The number of epoxide rings is 1. The number of hydrogen-bond acceptors (Lipinski definition) is 2. The van der Waals surface area contributed by atoms with Gasteiger partial charge in [-0.25, -0.2) is 9.18 Å².